The third-order valence-electron chi connectivity index (χ3n) is 1.82. The van der Waals surface area contributed by atoms with E-state index in [9.17, 15) is 0 Å². The van der Waals surface area contributed by atoms with Gasteiger partial charge in [0.15, 0.2) is 6.79 Å². The summed E-state index contributed by atoms with van der Waals surface area (Å²) < 4.78 is 10.5. The predicted octanol–water partition coefficient (Wildman–Crippen LogP) is 3.35. The van der Waals surface area contributed by atoms with Gasteiger partial charge in [-0.05, 0) is 17.6 Å². The Hall–Kier alpha value is -1.28. The van der Waals surface area contributed by atoms with Gasteiger partial charge in [-0.25, -0.2) is 0 Å². The Morgan fingerprint density at radius 1 is 1.20 bits per heavy atom. The molecular weight excluding hydrogens is 188 g/mol. The Morgan fingerprint density at radius 2 is 1.93 bits per heavy atom. The van der Waals surface area contributed by atoms with Crippen molar-refractivity contribution in [3.8, 4) is 0 Å². The molecule has 0 bridgehead atoms. The molecular formula is C13H18O2. The second-order valence-electron chi connectivity index (χ2n) is 3.69. The molecule has 0 radical (unpaired) electrons. The number of allylic oxidation sites excluding steroid dienone is 1. The van der Waals surface area contributed by atoms with Crippen LogP contribution in [-0.4, -0.2) is 6.79 Å². The number of ether oxygens (including phenoxy) is 2. The molecule has 1 aromatic carbocycles. The Kier molecular flexibility index (Phi) is 5.56. The van der Waals surface area contributed by atoms with Gasteiger partial charge in [-0.3, -0.25) is 0 Å². The number of hydrogen-bond acceptors (Lipinski definition) is 2. The molecule has 0 aliphatic heterocycles. The topological polar surface area (TPSA) is 18.5 Å². The van der Waals surface area contributed by atoms with E-state index >= 15 is 0 Å². The van der Waals surface area contributed by atoms with E-state index in [2.05, 4.69) is 13.8 Å². The third kappa shape index (κ3) is 5.92. The van der Waals surface area contributed by atoms with Crippen molar-refractivity contribution in [3.05, 3.63) is 48.2 Å². The summed E-state index contributed by atoms with van der Waals surface area (Å²) in [7, 11) is 0. The van der Waals surface area contributed by atoms with Gasteiger partial charge in [0.25, 0.3) is 0 Å². The zero-order valence-electron chi connectivity index (χ0n) is 9.35. The van der Waals surface area contributed by atoms with Crippen molar-refractivity contribution >= 4 is 0 Å². The van der Waals surface area contributed by atoms with Crippen molar-refractivity contribution < 1.29 is 9.47 Å². The summed E-state index contributed by atoms with van der Waals surface area (Å²) in [4.78, 5) is 0. The number of hydrogen-bond donors (Lipinski definition) is 0. The molecule has 0 saturated heterocycles. The van der Waals surface area contributed by atoms with Crippen molar-refractivity contribution in [1.82, 2.24) is 0 Å². The monoisotopic (exact) mass is 206 g/mol. The molecule has 2 nitrogen and oxygen atoms in total. The molecule has 15 heavy (non-hydrogen) atoms. The average molecular weight is 206 g/mol. The maximum atomic E-state index is 5.33. The summed E-state index contributed by atoms with van der Waals surface area (Å²) in [5.41, 5.74) is 1.16. The summed E-state index contributed by atoms with van der Waals surface area (Å²) in [6.45, 7) is 5.10. The average Bonchev–Trinajstić information content (AvgIpc) is 2.24. The van der Waals surface area contributed by atoms with E-state index in [-0.39, 0.29) is 0 Å². The predicted molar refractivity (Wildman–Crippen MR) is 61.2 cm³/mol. The lowest BCUT2D eigenvalue weighted by Gasteiger charge is -2.03. The van der Waals surface area contributed by atoms with Crippen LogP contribution in [0.4, 0.5) is 0 Å². The fraction of sp³-hybridized carbons (Fsp3) is 0.385. The molecule has 0 atom stereocenters. The highest BCUT2D eigenvalue weighted by molar-refractivity contribution is 5.13. The second-order valence-corrected chi connectivity index (χ2v) is 3.69. The highest BCUT2D eigenvalue weighted by atomic mass is 16.7. The van der Waals surface area contributed by atoms with Crippen LogP contribution < -0.4 is 0 Å². The second kappa shape index (κ2) is 7.07. The minimum atomic E-state index is 0.304. The van der Waals surface area contributed by atoms with E-state index in [1.807, 2.05) is 36.4 Å². The van der Waals surface area contributed by atoms with E-state index in [0.717, 1.165) is 5.56 Å². The summed E-state index contributed by atoms with van der Waals surface area (Å²) in [5, 5.41) is 0. The van der Waals surface area contributed by atoms with Crippen LogP contribution in [0.3, 0.4) is 0 Å². The smallest absolute Gasteiger partial charge is 0.188 e. The third-order valence-corrected chi connectivity index (χ3v) is 1.82. The fourth-order valence-corrected chi connectivity index (χ4v) is 1.03. The van der Waals surface area contributed by atoms with Crippen molar-refractivity contribution in [2.75, 3.05) is 6.79 Å². The first-order valence-electron chi connectivity index (χ1n) is 5.19. The molecule has 0 aliphatic rings. The molecule has 0 unspecified atom stereocenters. The van der Waals surface area contributed by atoms with Gasteiger partial charge in [0.05, 0.1) is 12.9 Å². The lowest BCUT2D eigenvalue weighted by molar-refractivity contribution is -0.0209. The largest absolute Gasteiger partial charge is 0.475 e. The SMILES string of the molecule is CC(C)/C=C/OCOCc1ccccc1. The van der Waals surface area contributed by atoms with Crippen LogP contribution in [0.2, 0.25) is 0 Å². The quantitative estimate of drug-likeness (QED) is 0.404. The maximum absolute atomic E-state index is 5.33. The lowest BCUT2D eigenvalue weighted by atomic mass is 10.2. The first-order chi connectivity index (χ1) is 7.29. The summed E-state index contributed by atoms with van der Waals surface area (Å²) in [6, 6.07) is 10.1. The van der Waals surface area contributed by atoms with Crippen molar-refractivity contribution in [3.63, 3.8) is 0 Å². The maximum Gasteiger partial charge on any atom is 0.188 e. The molecule has 0 aliphatic carbocycles. The van der Waals surface area contributed by atoms with Crippen LogP contribution in [0.1, 0.15) is 19.4 Å². The Bertz CT molecular complexity index is 278. The molecule has 82 valence electrons. The Balaban J connectivity index is 2.07. The highest BCUT2D eigenvalue weighted by Gasteiger charge is 1.90. The van der Waals surface area contributed by atoms with E-state index in [1.54, 1.807) is 6.26 Å². The van der Waals surface area contributed by atoms with Crippen LogP contribution in [-0.2, 0) is 16.1 Å². The molecule has 0 fully saturated rings. The summed E-state index contributed by atoms with van der Waals surface area (Å²) in [6.07, 6.45) is 3.68. The van der Waals surface area contributed by atoms with E-state index in [0.29, 0.717) is 19.3 Å². The zero-order valence-corrected chi connectivity index (χ0v) is 9.35. The lowest BCUT2D eigenvalue weighted by Crippen LogP contribution is -1.96. The van der Waals surface area contributed by atoms with Crippen molar-refractivity contribution in [2.24, 2.45) is 5.92 Å². The van der Waals surface area contributed by atoms with Gasteiger partial charge in [-0.1, -0.05) is 44.2 Å². The van der Waals surface area contributed by atoms with E-state index in [1.165, 1.54) is 0 Å². The Labute approximate surface area is 91.5 Å². The molecule has 0 heterocycles. The van der Waals surface area contributed by atoms with Gasteiger partial charge in [0.2, 0.25) is 0 Å². The molecule has 0 N–H and O–H groups in total. The number of benzene rings is 1. The Morgan fingerprint density at radius 3 is 2.60 bits per heavy atom. The van der Waals surface area contributed by atoms with Crippen LogP contribution in [0.25, 0.3) is 0 Å². The van der Waals surface area contributed by atoms with Gasteiger partial charge in [-0.2, -0.15) is 0 Å². The minimum absolute atomic E-state index is 0.304. The first-order valence-corrected chi connectivity index (χ1v) is 5.19. The van der Waals surface area contributed by atoms with Gasteiger partial charge in [-0.15, -0.1) is 0 Å². The van der Waals surface area contributed by atoms with Crippen molar-refractivity contribution in [2.45, 2.75) is 20.5 Å². The van der Waals surface area contributed by atoms with Gasteiger partial charge in [0, 0.05) is 0 Å². The molecule has 1 rings (SSSR count). The molecule has 0 aromatic heterocycles. The molecule has 1 aromatic rings. The summed E-state index contributed by atoms with van der Waals surface area (Å²) in [5.74, 6) is 0.513. The highest BCUT2D eigenvalue weighted by Crippen LogP contribution is 2.00. The minimum Gasteiger partial charge on any atom is -0.475 e. The normalized spacial score (nSPS) is 11.1. The molecule has 0 amide bonds. The van der Waals surface area contributed by atoms with E-state index < -0.39 is 0 Å². The summed E-state index contributed by atoms with van der Waals surface area (Å²) >= 11 is 0. The molecule has 0 spiro atoms. The van der Waals surface area contributed by atoms with Crippen LogP contribution in [0.15, 0.2) is 42.7 Å². The molecule has 2 heteroatoms. The van der Waals surface area contributed by atoms with Crippen LogP contribution >= 0.6 is 0 Å². The van der Waals surface area contributed by atoms with Crippen LogP contribution in [0.5, 0.6) is 0 Å². The van der Waals surface area contributed by atoms with Gasteiger partial charge in [0.1, 0.15) is 0 Å². The van der Waals surface area contributed by atoms with Crippen molar-refractivity contribution in [1.29, 1.82) is 0 Å². The molecule has 0 saturated carbocycles. The zero-order chi connectivity index (χ0) is 10.9. The van der Waals surface area contributed by atoms with E-state index in [4.69, 9.17) is 9.47 Å². The van der Waals surface area contributed by atoms with Gasteiger partial charge < -0.3 is 9.47 Å². The number of rotatable bonds is 6. The standard InChI is InChI=1S/C13H18O2/c1-12(2)8-9-14-11-15-10-13-6-4-3-5-7-13/h3-9,12H,10-11H2,1-2H3/b9-8+. The van der Waals surface area contributed by atoms with Gasteiger partial charge >= 0.3 is 0 Å². The van der Waals surface area contributed by atoms with Crippen LogP contribution in [0, 0.1) is 5.92 Å². The fourth-order valence-electron chi connectivity index (χ4n) is 1.03. The first kappa shape index (κ1) is 11.8.